The Morgan fingerprint density at radius 1 is 1.14 bits per heavy atom. The SMILES string of the molecule is O=[N+]([O-])c1ccc(S(=O)(=O)Nc2c(F)cc(F)cc2Br)cc1. The topological polar surface area (TPSA) is 89.3 Å². The standard InChI is InChI=1S/C12H7BrF2N2O4S/c13-10-5-7(14)6-11(15)12(10)16-22(20,21)9-3-1-8(2-4-9)17(18)19/h1-6,16H. The van der Waals surface area contributed by atoms with Crippen molar-refractivity contribution < 1.29 is 22.1 Å². The van der Waals surface area contributed by atoms with E-state index in [1.54, 1.807) is 0 Å². The summed E-state index contributed by atoms with van der Waals surface area (Å²) in [6, 6.07) is 5.45. The second kappa shape index (κ2) is 5.97. The van der Waals surface area contributed by atoms with Gasteiger partial charge in [-0.3, -0.25) is 14.8 Å². The van der Waals surface area contributed by atoms with Crippen molar-refractivity contribution in [2.45, 2.75) is 4.90 Å². The number of halogens is 3. The molecule has 0 saturated carbocycles. The first-order valence-electron chi connectivity index (χ1n) is 5.62. The van der Waals surface area contributed by atoms with E-state index in [0.717, 1.165) is 30.3 Å². The van der Waals surface area contributed by atoms with Gasteiger partial charge in [-0.25, -0.2) is 17.2 Å². The van der Waals surface area contributed by atoms with Crippen molar-refractivity contribution in [1.29, 1.82) is 0 Å². The molecular formula is C12H7BrF2N2O4S. The normalized spacial score (nSPS) is 11.2. The van der Waals surface area contributed by atoms with E-state index in [9.17, 15) is 27.3 Å². The first-order valence-corrected chi connectivity index (χ1v) is 7.90. The minimum absolute atomic E-state index is 0.115. The van der Waals surface area contributed by atoms with Crippen molar-refractivity contribution in [1.82, 2.24) is 0 Å². The molecule has 1 N–H and O–H groups in total. The lowest BCUT2D eigenvalue weighted by Crippen LogP contribution is -2.14. The largest absolute Gasteiger partial charge is 0.275 e. The molecular weight excluding hydrogens is 386 g/mol. The minimum Gasteiger partial charge on any atom is -0.275 e. The minimum atomic E-state index is -4.18. The Kier molecular flexibility index (Phi) is 4.42. The Morgan fingerprint density at radius 3 is 2.23 bits per heavy atom. The maximum atomic E-state index is 13.6. The molecule has 2 aromatic rings. The number of sulfonamides is 1. The highest BCUT2D eigenvalue weighted by atomic mass is 79.9. The van der Waals surface area contributed by atoms with E-state index in [1.807, 2.05) is 4.72 Å². The molecule has 0 aliphatic carbocycles. The number of nitro groups is 1. The molecule has 0 bridgehead atoms. The van der Waals surface area contributed by atoms with Crippen molar-refractivity contribution in [2.75, 3.05) is 4.72 Å². The summed E-state index contributed by atoms with van der Waals surface area (Å²) in [5.41, 5.74) is -0.743. The molecule has 0 fully saturated rings. The predicted octanol–water partition coefficient (Wildman–Crippen LogP) is 3.44. The van der Waals surface area contributed by atoms with Crippen molar-refractivity contribution in [3.63, 3.8) is 0 Å². The number of hydrogen-bond donors (Lipinski definition) is 1. The molecule has 0 amide bonds. The molecule has 0 unspecified atom stereocenters. The quantitative estimate of drug-likeness (QED) is 0.637. The van der Waals surface area contributed by atoms with E-state index >= 15 is 0 Å². The third-order valence-corrected chi connectivity index (χ3v) is 4.59. The monoisotopic (exact) mass is 392 g/mol. The summed E-state index contributed by atoms with van der Waals surface area (Å²) in [6.07, 6.45) is 0. The van der Waals surface area contributed by atoms with E-state index < -0.39 is 32.3 Å². The molecule has 2 rings (SSSR count). The van der Waals surface area contributed by atoms with Crippen LogP contribution in [0, 0.1) is 21.7 Å². The van der Waals surface area contributed by atoms with Gasteiger partial charge in [0.05, 0.1) is 15.5 Å². The van der Waals surface area contributed by atoms with Gasteiger partial charge in [-0.05, 0) is 34.1 Å². The van der Waals surface area contributed by atoms with Gasteiger partial charge in [0.15, 0.2) is 5.82 Å². The molecule has 0 aliphatic heterocycles. The van der Waals surface area contributed by atoms with E-state index in [-0.39, 0.29) is 15.1 Å². The van der Waals surface area contributed by atoms with Gasteiger partial charge >= 0.3 is 0 Å². The summed E-state index contributed by atoms with van der Waals surface area (Å²) < 4.78 is 52.7. The van der Waals surface area contributed by atoms with E-state index in [0.29, 0.717) is 6.07 Å². The van der Waals surface area contributed by atoms with Crippen LogP contribution in [-0.2, 0) is 10.0 Å². The number of rotatable bonds is 4. The predicted molar refractivity (Wildman–Crippen MR) is 78.0 cm³/mol. The Labute approximate surface area is 132 Å². The Morgan fingerprint density at radius 2 is 1.73 bits per heavy atom. The molecule has 6 nitrogen and oxygen atoms in total. The molecule has 0 atom stereocenters. The molecule has 116 valence electrons. The Balaban J connectivity index is 2.38. The van der Waals surface area contributed by atoms with Gasteiger partial charge in [-0.2, -0.15) is 0 Å². The smallest absolute Gasteiger partial charge is 0.269 e. The van der Waals surface area contributed by atoms with Crippen molar-refractivity contribution in [3.05, 3.63) is 62.6 Å². The highest BCUT2D eigenvalue weighted by molar-refractivity contribution is 9.10. The van der Waals surface area contributed by atoms with Crippen molar-refractivity contribution >= 4 is 37.3 Å². The Bertz CT molecular complexity index is 818. The first kappa shape index (κ1) is 16.3. The molecule has 0 heterocycles. The highest BCUT2D eigenvalue weighted by Crippen LogP contribution is 2.29. The fraction of sp³-hybridized carbons (Fsp3) is 0. The fourth-order valence-corrected chi connectivity index (χ4v) is 3.31. The van der Waals surface area contributed by atoms with Crippen LogP contribution in [0.15, 0.2) is 45.8 Å². The summed E-state index contributed by atoms with van der Waals surface area (Å²) >= 11 is 2.86. The van der Waals surface area contributed by atoms with Crippen molar-refractivity contribution in [3.8, 4) is 0 Å². The van der Waals surface area contributed by atoms with Gasteiger partial charge in [-0.1, -0.05) is 0 Å². The zero-order valence-electron chi connectivity index (χ0n) is 10.6. The number of benzene rings is 2. The molecule has 0 saturated heterocycles. The highest BCUT2D eigenvalue weighted by Gasteiger charge is 2.20. The lowest BCUT2D eigenvalue weighted by Gasteiger charge is -2.10. The maximum Gasteiger partial charge on any atom is 0.269 e. The van der Waals surface area contributed by atoms with Gasteiger partial charge in [0.25, 0.3) is 15.7 Å². The van der Waals surface area contributed by atoms with Gasteiger partial charge in [-0.15, -0.1) is 0 Å². The average Bonchev–Trinajstić information content (AvgIpc) is 2.43. The number of nitrogens with zero attached hydrogens (tertiary/aromatic N) is 1. The van der Waals surface area contributed by atoms with E-state index in [4.69, 9.17) is 0 Å². The van der Waals surface area contributed by atoms with Crippen LogP contribution in [0.25, 0.3) is 0 Å². The van der Waals surface area contributed by atoms with Crippen LogP contribution >= 0.6 is 15.9 Å². The summed E-state index contributed by atoms with van der Waals surface area (Å²) in [5.74, 6) is -1.97. The van der Waals surface area contributed by atoms with E-state index in [2.05, 4.69) is 15.9 Å². The number of nitrogens with one attached hydrogen (secondary N) is 1. The zero-order valence-corrected chi connectivity index (χ0v) is 13.0. The van der Waals surface area contributed by atoms with Gasteiger partial charge in [0.2, 0.25) is 0 Å². The molecule has 0 aromatic heterocycles. The zero-order chi connectivity index (χ0) is 16.5. The lowest BCUT2D eigenvalue weighted by atomic mass is 10.3. The third kappa shape index (κ3) is 3.39. The summed E-state index contributed by atoms with van der Waals surface area (Å²) in [4.78, 5) is 9.55. The summed E-state index contributed by atoms with van der Waals surface area (Å²) in [5, 5.41) is 10.5. The van der Waals surface area contributed by atoms with Crippen LogP contribution in [-0.4, -0.2) is 13.3 Å². The third-order valence-electron chi connectivity index (χ3n) is 2.60. The molecule has 0 aliphatic rings. The number of anilines is 1. The molecule has 2 aromatic carbocycles. The lowest BCUT2D eigenvalue weighted by molar-refractivity contribution is -0.384. The first-order chi connectivity index (χ1) is 10.2. The Hall–Kier alpha value is -2.07. The second-order valence-electron chi connectivity index (χ2n) is 4.10. The number of non-ortho nitro benzene ring substituents is 1. The van der Waals surface area contributed by atoms with E-state index in [1.165, 1.54) is 0 Å². The van der Waals surface area contributed by atoms with Gasteiger partial charge in [0, 0.05) is 22.7 Å². The van der Waals surface area contributed by atoms with Crippen LogP contribution < -0.4 is 4.72 Å². The van der Waals surface area contributed by atoms with Crippen molar-refractivity contribution in [2.24, 2.45) is 0 Å². The van der Waals surface area contributed by atoms with Crippen LogP contribution in [0.1, 0.15) is 0 Å². The molecule has 10 heteroatoms. The molecule has 0 radical (unpaired) electrons. The second-order valence-corrected chi connectivity index (χ2v) is 6.64. The average molecular weight is 393 g/mol. The molecule has 0 spiro atoms. The molecule has 22 heavy (non-hydrogen) atoms. The van der Waals surface area contributed by atoms with Crippen LogP contribution in [0.2, 0.25) is 0 Å². The van der Waals surface area contributed by atoms with Crippen LogP contribution in [0.5, 0.6) is 0 Å². The number of hydrogen-bond acceptors (Lipinski definition) is 4. The van der Waals surface area contributed by atoms with Crippen LogP contribution in [0.3, 0.4) is 0 Å². The fourth-order valence-electron chi connectivity index (χ4n) is 1.58. The summed E-state index contributed by atoms with van der Waals surface area (Å²) in [6.45, 7) is 0. The number of nitro benzene ring substituents is 1. The van der Waals surface area contributed by atoms with Crippen LogP contribution in [0.4, 0.5) is 20.2 Å². The maximum absolute atomic E-state index is 13.6. The van der Waals surface area contributed by atoms with Gasteiger partial charge < -0.3 is 0 Å². The summed E-state index contributed by atoms with van der Waals surface area (Å²) in [7, 11) is -4.18. The van der Waals surface area contributed by atoms with Gasteiger partial charge in [0.1, 0.15) is 5.82 Å².